The van der Waals surface area contributed by atoms with Gasteiger partial charge in [-0.1, -0.05) is 48.5 Å². The van der Waals surface area contributed by atoms with Crippen molar-refractivity contribution in [1.29, 1.82) is 0 Å². The van der Waals surface area contributed by atoms with Crippen molar-refractivity contribution in [2.24, 2.45) is 0 Å². The third-order valence-corrected chi connectivity index (χ3v) is 4.06. The largest absolute Gasteiger partial charge is 0.493 e. The number of hydrogen-bond donors (Lipinski definition) is 1. The van der Waals surface area contributed by atoms with Crippen molar-refractivity contribution in [3.05, 3.63) is 54.6 Å². The summed E-state index contributed by atoms with van der Waals surface area (Å²) in [5, 5.41) is 3.38. The van der Waals surface area contributed by atoms with Gasteiger partial charge in [-0.25, -0.2) is 0 Å². The van der Waals surface area contributed by atoms with Crippen molar-refractivity contribution in [2.45, 2.75) is 6.42 Å². The summed E-state index contributed by atoms with van der Waals surface area (Å²) in [6, 6.07) is 18.7. The SMILES string of the molecule is c1ccc(-c2ccccc2OCCCN2CCNCC2)cc1. The molecule has 0 aliphatic carbocycles. The van der Waals surface area contributed by atoms with Gasteiger partial charge in [0.2, 0.25) is 0 Å². The van der Waals surface area contributed by atoms with Crippen LogP contribution in [0, 0.1) is 0 Å². The number of ether oxygens (including phenoxy) is 1. The van der Waals surface area contributed by atoms with E-state index in [4.69, 9.17) is 4.74 Å². The molecule has 1 fully saturated rings. The highest BCUT2D eigenvalue weighted by atomic mass is 16.5. The molecule has 0 aromatic heterocycles. The van der Waals surface area contributed by atoms with Gasteiger partial charge in [0, 0.05) is 38.3 Å². The molecule has 0 unspecified atom stereocenters. The van der Waals surface area contributed by atoms with Gasteiger partial charge in [-0.3, -0.25) is 0 Å². The van der Waals surface area contributed by atoms with Crippen LogP contribution in [0.4, 0.5) is 0 Å². The summed E-state index contributed by atoms with van der Waals surface area (Å²) in [6.07, 6.45) is 1.07. The normalized spacial score (nSPS) is 15.6. The Hall–Kier alpha value is -1.84. The minimum absolute atomic E-state index is 0.772. The maximum absolute atomic E-state index is 6.04. The number of rotatable bonds is 6. The lowest BCUT2D eigenvalue weighted by atomic mass is 10.1. The summed E-state index contributed by atoms with van der Waals surface area (Å²) in [5.41, 5.74) is 2.38. The molecule has 2 aromatic carbocycles. The van der Waals surface area contributed by atoms with E-state index >= 15 is 0 Å². The summed E-state index contributed by atoms with van der Waals surface area (Å²) in [4.78, 5) is 2.50. The van der Waals surface area contributed by atoms with Gasteiger partial charge in [-0.15, -0.1) is 0 Å². The smallest absolute Gasteiger partial charge is 0.127 e. The number of piperazine rings is 1. The van der Waals surface area contributed by atoms with Gasteiger partial charge in [0.05, 0.1) is 6.61 Å². The Morgan fingerprint density at radius 3 is 2.45 bits per heavy atom. The molecule has 0 atom stereocenters. The Balaban J connectivity index is 1.54. The van der Waals surface area contributed by atoms with Crippen LogP contribution in [-0.4, -0.2) is 44.2 Å². The first-order chi connectivity index (χ1) is 10.9. The lowest BCUT2D eigenvalue weighted by Crippen LogP contribution is -2.43. The van der Waals surface area contributed by atoms with Crippen LogP contribution in [0.3, 0.4) is 0 Å². The quantitative estimate of drug-likeness (QED) is 0.829. The minimum Gasteiger partial charge on any atom is -0.493 e. The van der Waals surface area contributed by atoms with E-state index in [1.807, 2.05) is 12.1 Å². The van der Waals surface area contributed by atoms with Crippen LogP contribution in [0.25, 0.3) is 11.1 Å². The van der Waals surface area contributed by atoms with E-state index in [2.05, 4.69) is 52.7 Å². The summed E-state index contributed by atoms with van der Waals surface area (Å²) in [7, 11) is 0. The summed E-state index contributed by atoms with van der Waals surface area (Å²) in [6.45, 7) is 6.42. The first kappa shape index (κ1) is 15.1. The molecule has 0 radical (unpaired) electrons. The van der Waals surface area contributed by atoms with Crippen LogP contribution < -0.4 is 10.1 Å². The predicted molar refractivity (Wildman–Crippen MR) is 91.3 cm³/mol. The van der Waals surface area contributed by atoms with E-state index < -0.39 is 0 Å². The number of benzene rings is 2. The zero-order chi connectivity index (χ0) is 15.0. The number of nitrogens with one attached hydrogen (secondary N) is 1. The third kappa shape index (κ3) is 4.09. The highest BCUT2D eigenvalue weighted by Crippen LogP contribution is 2.29. The fourth-order valence-corrected chi connectivity index (χ4v) is 2.85. The Bertz CT molecular complexity index is 565. The van der Waals surface area contributed by atoms with Crippen molar-refractivity contribution in [3.63, 3.8) is 0 Å². The molecule has 22 heavy (non-hydrogen) atoms. The molecule has 3 nitrogen and oxygen atoms in total. The molecule has 1 N–H and O–H groups in total. The van der Waals surface area contributed by atoms with E-state index in [1.54, 1.807) is 0 Å². The van der Waals surface area contributed by atoms with Crippen molar-refractivity contribution < 1.29 is 4.74 Å². The molecule has 2 aromatic rings. The summed E-state index contributed by atoms with van der Waals surface area (Å²) >= 11 is 0. The average molecular weight is 296 g/mol. The predicted octanol–water partition coefficient (Wildman–Crippen LogP) is 3.03. The van der Waals surface area contributed by atoms with Gasteiger partial charge in [-0.2, -0.15) is 0 Å². The zero-order valence-corrected chi connectivity index (χ0v) is 13.0. The van der Waals surface area contributed by atoms with Gasteiger partial charge >= 0.3 is 0 Å². The average Bonchev–Trinajstić information content (AvgIpc) is 2.61. The lowest BCUT2D eigenvalue weighted by Gasteiger charge is -2.27. The van der Waals surface area contributed by atoms with Crippen molar-refractivity contribution in [3.8, 4) is 16.9 Å². The van der Waals surface area contributed by atoms with E-state index in [9.17, 15) is 0 Å². The Kier molecular flexibility index (Phi) is 5.46. The zero-order valence-electron chi connectivity index (χ0n) is 13.0. The van der Waals surface area contributed by atoms with Gasteiger partial charge < -0.3 is 15.0 Å². The fraction of sp³-hybridized carbons (Fsp3) is 0.368. The van der Waals surface area contributed by atoms with Gasteiger partial charge in [-0.05, 0) is 18.1 Å². The molecule has 0 saturated carbocycles. The molecule has 1 aliphatic heterocycles. The van der Waals surface area contributed by atoms with Crippen LogP contribution in [0.5, 0.6) is 5.75 Å². The topological polar surface area (TPSA) is 24.5 Å². The first-order valence-corrected chi connectivity index (χ1v) is 8.14. The standard InChI is InChI=1S/C19H24N2O/c1-2-7-17(8-3-1)18-9-4-5-10-19(18)22-16-6-13-21-14-11-20-12-15-21/h1-5,7-10,20H,6,11-16H2. The molecule has 0 bridgehead atoms. The molecule has 1 aliphatic rings. The number of para-hydroxylation sites is 1. The van der Waals surface area contributed by atoms with Crippen LogP contribution >= 0.6 is 0 Å². The monoisotopic (exact) mass is 296 g/mol. The second-order valence-corrected chi connectivity index (χ2v) is 5.66. The molecule has 0 spiro atoms. The third-order valence-electron chi connectivity index (χ3n) is 4.06. The van der Waals surface area contributed by atoms with E-state index in [0.717, 1.165) is 51.5 Å². The number of hydrogen-bond acceptors (Lipinski definition) is 3. The second kappa shape index (κ2) is 7.97. The molecule has 3 heteroatoms. The van der Waals surface area contributed by atoms with Gasteiger partial charge in [0.15, 0.2) is 0 Å². The summed E-state index contributed by atoms with van der Waals surface area (Å²) in [5.74, 6) is 0.981. The minimum atomic E-state index is 0.772. The van der Waals surface area contributed by atoms with Crippen LogP contribution in [0.1, 0.15) is 6.42 Å². The first-order valence-electron chi connectivity index (χ1n) is 8.14. The molecular weight excluding hydrogens is 272 g/mol. The molecule has 116 valence electrons. The number of nitrogens with zero attached hydrogens (tertiary/aromatic N) is 1. The van der Waals surface area contributed by atoms with Gasteiger partial charge in [0.25, 0.3) is 0 Å². The van der Waals surface area contributed by atoms with E-state index in [0.29, 0.717) is 0 Å². The molecule has 1 saturated heterocycles. The van der Waals surface area contributed by atoms with Crippen molar-refractivity contribution >= 4 is 0 Å². The highest BCUT2D eigenvalue weighted by Gasteiger charge is 2.09. The second-order valence-electron chi connectivity index (χ2n) is 5.66. The van der Waals surface area contributed by atoms with E-state index in [1.165, 1.54) is 11.1 Å². The van der Waals surface area contributed by atoms with Crippen LogP contribution in [0.15, 0.2) is 54.6 Å². The van der Waals surface area contributed by atoms with Gasteiger partial charge in [0.1, 0.15) is 5.75 Å². The molecule has 3 rings (SSSR count). The lowest BCUT2D eigenvalue weighted by molar-refractivity contribution is 0.214. The van der Waals surface area contributed by atoms with Crippen LogP contribution in [0.2, 0.25) is 0 Å². The van der Waals surface area contributed by atoms with Crippen molar-refractivity contribution in [1.82, 2.24) is 10.2 Å². The maximum atomic E-state index is 6.04. The Morgan fingerprint density at radius 1 is 0.909 bits per heavy atom. The Morgan fingerprint density at radius 2 is 1.64 bits per heavy atom. The summed E-state index contributed by atoms with van der Waals surface area (Å²) < 4.78 is 6.04. The molecule has 0 amide bonds. The van der Waals surface area contributed by atoms with Crippen molar-refractivity contribution in [2.75, 3.05) is 39.3 Å². The van der Waals surface area contributed by atoms with E-state index in [-0.39, 0.29) is 0 Å². The molecule has 1 heterocycles. The molecular formula is C19H24N2O. The van der Waals surface area contributed by atoms with Crippen LogP contribution in [-0.2, 0) is 0 Å². The maximum Gasteiger partial charge on any atom is 0.127 e. The highest BCUT2D eigenvalue weighted by molar-refractivity contribution is 5.70. The fourth-order valence-electron chi connectivity index (χ4n) is 2.85. The Labute approximate surface area is 132 Å².